The van der Waals surface area contributed by atoms with Gasteiger partial charge in [0.25, 0.3) is 0 Å². The van der Waals surface area contributed by atoms with Crippen LogP contribution in [0, 0.1) is 0 Å². The summed E-state index contributed by atoms with van der Waals surface area (Å²) in [6.45, 7) is 5.30. The Morgan fingerprint density at radius 2 is 1.55 bits per heavy atom. The predicted molar refractivity (Wildman–Crippen MR) is 114 cm³/mol. The Hall–Kier alpha value is -2.57. The largest absolute Gasteiger partial charge is 0.339 e. The molecule has 152 valence electrons. The first-order valence-corrected chi connectivity index (χ1v) is 10.3. The summed E-state index contributed by atoms with van der Waals surface area (Å²) in [5.74, 6) is 0.0238. The molecule has 0 atom stereocenters. The van der Waals surface area contributed by atoms with Crippen LogP contribution in [0.1, 0.15) is 5.56 Å². The lowest BCUT2D eigenvalue weighted by Crippen LogP contribution is -2.51. The Morgan fingerprint density at radius 3 is 2.24 bits per heavy atom. The van der Waals surface area contributed by atoms with Crippen LogP contribution in [0.3, 0.4) is 0 Å². The first kappa shape index (κ1) is 19.7. The van der Waals surface area contributed by atoms with Crippen molar-refractivity contribution in [3.63, 3.8) is 0 Å². The number of urea groups is 1. The van der Waals surface area contributed by atoms with E-state index in [0.717, 1.165) is 25.3 Å². The van der Waals surface area contributed by atoms with Crippen LogP contribution >= 0.6 is 11.6 Å². The molecule has 0 aromatic heterocycles. The zero-order chi connectivity index (χ0) is 20.2. The summed E-state index contributed by atoms with van der Waals surface area (Å²) in [6.07, 6.45) is 0. The molecule has 0 unspecified atom stereocenters. The number of hydrogen-bond donors (Lipinski definition) is 0. The maximum absolute atomic E-state index is 12.7. The summed E-state index contributed by atoms with van der Waals surface area (Å²) in [7, 11) is 0. The van der Waals surface area contributed by atoms with E-state index in [-0.39, 0.29) is 18.5 Å². The molecule has 0 bridgehead atoms. The van der Waals surface area contributed by atoms with Gasteiger partial charge in [0.15, 0.2) is 0 Å². The molecule has 0 radical (unpaired) electrons. The molecule has 0 saturated carbocycles. The van der Waals surface area contributed by atoms with E-state index in [0.29, 0.717) is 31.2 Å². The molecule has 2 aromatic rings. The van der Waals surface area contributed by atoms with Crippen molar-refractivity contribution >= 4 is 29.2 Å². The van der Waals surface area contributed by atoms with Crippen LogP contribution in [0.15, 0.2) is 54.6 Å². The summed E-state index contributed by atoms with van der Waals surface area (Å²) in [4.78, 5) is 33.0. The van der Waals surface area contributed by atoms with Gasteiger partial charge < -0.3 is 9.80 Å². The second-order valence-electron chi connectivity index (χ2n) is 7.47. The van der Waals surface area contributed by atoms with Gasteiger partial charge in [-0.1, -0.05) is 41.9 Å². The molecule has 3 amide bonds. The van der Waals surface area contributed by atoms with Crippen molar-refractivity contribution in [3.05, 3.63) is 65.2 Å². The van der Waals surface area contributed by atoms with Crippen LogP contribution in [0.5, 0.6) is 0 Å². The normalized spacial score (nSPS) is 17.8. The standard InChI is InChI=1S/C22H25ClN4O2/c23-19-6-8-20(9-7-19)27-15-14-26(22(27)29)17-21(28)25-12-10-24(11-13-25)16-18-4-2-1-3-5-18/h1-9H,10-17H2. The molecule has 2 aliphatic heterocycles. The fraction of sp³-hybridized carbons (Fsp3) is 0.364. The van der Waals surface area contributed by atoms with Gasteiger partial charge in [0.1, 0.15) is 6.54 Å². The van der Waals surface area contributed by atoms with Crippen LogP contribution in [-0.4, -0.2) is 72.5 Å². The van der Waals surface area contributed by atoms with E-state index in [9.17, 15) is 9.59 Å². The number of carbonyl (C=O) groups is 2. The summed E-state index contributed by atoms with van der Waals surface area (Å²) in [5, 5.41) is 0.638. The number of halogens is 1. The fourth-order valence-electron chi connectivity index (χ4n) is 3.85. The van der Waals surface area contributed by atoms with Gasteiger partial charge in [-0.05, 0) is 29.8 Å². The van der Waals surface area contributed by atoms with E-state index in [2.05, 4.69) is 29.2 Å². The van der Waals surface area contributed by atoms with Gasteiger partial charge in [0, 0.05) is 56.5 Å². The first-order chi connectivity index (χ1) is 14.1. The zero-order valence-electron chi connectivity index (χ0n) is 16.3. The molecular weight excluding hydrogens is 388 g/mol. The van der Waals surface area contributed by atoms with E-state index in [1.54, 1.807) is 21.9 Å². The minimum Gasteiger partial charge on any atom is -0.339 e. The lowest BCUT2D eigenvalue weighted by atomic mass is 10.2. The van der Waals surface area contributed by atoms with Crippen LogP contribution in [0.2, 0.25) is 5.02 Å². The molecule has 4 rings (SSSR count). The minimum absolute atomic E-state index is 0.0238. The topological polar surface area (TPSA) is 47.1 Å². The number of hydrogen-bond acceptors (Lipinski definition) is 3. The smallest absolute Gasteiger partial charge is 0.325 e. The number of amides is 3. The van der Waals surface area contributed by atoms with Crippen molar-refractivity contribution < 1.29 is 9.59 Å². The van der Waals surface area contributed by atoms with Gasteiger partial charge in [-0.15, -0.1) is 0 Å². The lowest BCUT2D eigenvalue weighted by Gasteiger charge is -2.35. The van der Waals surface area contributed by atoms with Gasteiger partial charge in [-0.2, -0.15) is 0 Å². The van der Waals surface area contributed by atoms with Crippen LogP contribution < -0.4 is 4.90 Å². The lowest BCUT2D eigenvalue weighted by molar-refractivity contribution is -0.133. The Morgan fingerprint density at radius 1 is 0.862 bits per heavy atom. The van der Waals surface area contributed by atoms with Gasteiger partial charge >= 0.3 is 6.03 Å². The summed E-state index contributed by atoms with van der Waals surface area (Å²) in [5.41, 5.74) is 2.10. The molecular formula is C22H25ClN4O2. The zero-order valence-corrected chi connectivity index (χ0v) is 17.1. The second kappa shape index (κ2) is 8.84. The van der Waals surface area contributed by atoms with E-state index in [1.807, 2.05) is 23.1 Å². The minimum atomic E-state index is -0.122. The number of anilines is 1. The van der Waals surface area contributed by atoms with Crippen molar-refractivity contribution in [2.45, 2.75) is 6.54 Å². The van der Waals surface area contributed by atoms with Crippen LogP contribution in [0.25, 0.3) is 0 Å². The number of piperazine rings is 1. The predicted octanol–water partition coefficient (Wildman–Crippen LogP) is 2.93. The van der Waals surface area contributed by atoms with Gasteiger partial charge in [0.05, 0.1) is 0 Å². The third-order valence-corrected chi connectivity index (χ3v) is 5.79. The maximum Gasteiger partial charge on any atom is 0.325 e. The molecule has 2 saturated heterocycles. The molecule has 2 fully saturated rings. The fourth-order valence-corrected chi connectivity index (χ4v) is 3.98. The molecule has 2 aliphatic rings. The molecule has 0 spiro atoms. The molecule has 2 aromatic carbocycles. The third kappa shape index (κ3) is 4.71. The summed E-state index contributed by atoms with van der Waals surface area (Å²) < 4.78 is 0. The third-order valence-electron chi connectivity index (χ3n) is 5.53. The van der Waals surface area contributed by atoms with Gasteiger partial charge in [-0.3, -0.25) is 14.6 Å². The highest BCUT2D eigenvalue weighted by atomic mass is 35.5. The van der Waals surface area contributed by atoms with E-state index in [1.165, 1.54) is 5.56 Å². The average Bonchev–Trinajstić information content (AvgIpc) is 3.10. The highest BCUT2D eigenvalue weighted by molar-refractivity contribution is 6.30. The highest BCUT2D eigenvalue weighted by Gasteiger charge is 2.32. The summed E-state index contributed by atoms with van der Waals surface area (Å²) >= 11 is 5.93. The van der Waals surface area contributed by atoms with E-state index in [4.69, 9.17) is 11.6 Å². The molecule has 7 heteroatoms. The van der Waals surface area contributed by atoms with E-state index < -0.39 is 0 Å². The SMILES string of the molecule is O=C(CN1CCN(c2ccc(Cl)cc2)C1=O)N1CCN(Cc2ccccc2)CC1. The van der Waals surface area contributed by atoms with Gasteiger partial charge in [-0.25, -0.2) is 4.79 Å². The van der Waals surface area contributed by atoms with Crippen molar-refractivity contribution in [1.29, 1.82) is 0 Å². The Bertz CT molecular complexity index is 851. The van der Waals surface area contributed by atoms with E-state index >= 15 is 0 Å². The summed E-state index contributed by atoms with van der Waals surface area (Å²) in [6, 6.07) is 17.5. The van der Waals surface area contributed by atoms with Crippen LogP contribution in [0.4, 0.5) is 10.5 Å². The second-order valence-corrected chi connectivity index (χ2v) is 7.91. The van der Waals surface area contributed by atoms with Crippen molar-refractivity contribution in [2.24, 2.45) is 0 Å². The number of benzene rings is 2. The van der Waals surface area contributed by atoms with Crippen molar-refractivity contribution in [2.75, 3.05) is 50.7 Å². The van der Waals surface area contributed by atoms with Gasteiger partial charge in [0.2, 0.25) is 5.91 Å². The number of carbonyl (C=O) groups excluding carboxylic acids is 2. The maximum atomic E-state index is 12.7. The van der Waals surface area contributed by atoms with Crippen molar-refractivity contribution in [1.82, 2.24) is 14.7 Å². The average molecular weight is 413 g/mol. The number of rotatable bonds is 5. The highest BCUT2D eigenvalue weighted by Crippen LogP contribution is 2.22. The monoisotopic (exact) mass is 412 g/mol. The van der Waals surface area contributed by atoms with Crippen molar-refractivity contribution in [3.8, 4) is 0 Å². The number of nitrogens with zero attached hydrogens (tertiary/aromatic N) is 4. The quantitative estimate of drug-likeness (QED) is 0.758. The molecule has 2 heterocycles. The Balaban J connectivity index is 1.27. The first-order valence-electron chi connectivity index (χ1n) is 9.96. The molecule has 29 heavy (non-hydrogen) atoms. The molecule has 0 N–H and O–H groups in total. The Labute approximate surface area is 176 Å². The Kier molecular flexibility index (Phi) is 6.02. The molecule has 0 aliphatic carbocycles. The van der Waals surface area contributed by atoms with Crippen LogP contribution in [-0.2, 0) is 11.3 Å². The molecule has 6 nitrogen and oxygen atoms in total.